The molecule has 1 aromatic carbocycles. The molecule has 3 N–H and O–H groups in total. The van der Waals surface area contributed by atoms with Gasteiger partial charge in [0.2, 0.25) is 11.9 Å². The predicted octanol–water partition coefficient (Wildman–Crippen LogP) is 2.66. The van der Waals surface area contributed by atoms with E-state index in [9.17, 15) is 4.79 Å². The van der Waals surface area contributed by atoms with Crippen LogP contribution in [0.25, 0.3) is 17.0 Å². The number of carbonyl (C=O) groups excluding carboxylic acids is 1. The van der Waals surface area contributed by atoms with Gasteiger partial charge in [-0.05, 0) is 32.8 Å². The Kier molecular flexibility index (Phi) is 5.45. The number of anilines is 1. The zero-order valence-electron chi connectivity index (χ0n) is 17.1. The standard InChI is InChI=1S/C21H23N7OS/c1-12-17(13(2)28-21(24-12)26-20(22)27-28)10-19(29)23-9-8-15-4-6-16(7-5-15)18-11-30-14(3)25-18/h4-7,11H,8-10H2,1-3H3,(H2,22,27)(H,23,29). The van der Waals surface area contributed by atoms with Crippen molar-refractivity contribution in [2.45, 2.75) is 33.6 Å². The van der Waals surface area contributed by atoms with E-state index in [0.717, 1.165) is 39.6 Å². The molecule has 4 aromatic rings. The van der Waals surface area contributed by atoms with Crippen LogP contribution in [0.5, 0.6) is 0 Å². The number of hydrogen-bond acceptors (Lipinski definition) is 7. The summed E-state index contributed by atoms with van der Waals surface area (Å²) >= 11 is 1.65. The Bertz CT molecular complexity index is 1210. The first-order valence-corrected chi connectivity index (χ1v) is 10.5. The van der Waals surface area contributed by atoms with Crippen molar-refractivity contribution in [1.29, 1.82) is 0 Å². The van der Waals surface area contributed by atoms with Crippen molar-refractivity contribution in [3.05, 3.63) is 57.2 Å². The van der Waals surface area contributed by atoms with E-state index in [4.69, 9.17) is 5.73 Å². The van der Waals surface area contributed by atoms with Crippen LogP contribution in [0.2, 0.25) is 0 Å². The first-order valence-electron chi connectivity index (χ1n) is 9.67. The molecule has 3 heterocycles. The van der Waals surface area contributed by atoms with Gasteiger partial charge in [0.25, 0.3) is 5.78 Å². The molecular formula is C21H23N7OS. The third-order valence-corrected chi connectivity index (χ3v) is 5.78. The zero-order valence-corrected chi connectivity index (χ0v) is 18.0. The first kappa shape index (κ1) is 20.0. The summed E-state index contributed by atoms with van der Waals surface area (Å²) in [5.41, 5.74) is 11.4. The molecule has 0 saturated heterocycles. The number of aryl methyl sites for hydroxylation is 3. The fourth-order valence-electron chi connectivity index (χ4n) is 3.39. The molecule has 0 aliphatic heterocycles. The van der Waals surface area contributed by atoms with Gasteiger partial charge in [-0.2, -0.15) is 9.50 Å². The van der Waals surface area contributed by atoms with Crippen molar-refractivity contribution in [2.75, 3.05) is 12.3 Å². The van der Waals surface area contributed by atoms with Crippen LogP contribution in [0.3, 0.4) is 0 Å². The summed E-state index contributed by atoms with van der Waals surface area (Å²) in [6, 6.07) is 8.31. The molecule has 0 aliphatic rings. The number of nitrogens with zero attached hydrogens (tertiary/aromatic N) is 5. The Balaban J connectivity index is 1.35. The lowest BCUT2D eigenvalue weighted by Crippen LogP contribution is -2.28. The van der Waals surface area contributed by atoms with Gasteiger partial charge in [-0.15, -0.1) is 16.4 Å². The van der Waals surface area contributed by atoms with Crippen LogP contribution in [0, 0.1) is 20.8 Å². The minimum Gasteiger partial charge on any atom is -0.366 e. The fraction of sp³-hybridized carbons (Fsp3) is 0.286. The van der Waals surface area contributed by atoms with E-state index in [-0.39, 0.29) is 18.3 Å². The van der Waals surface area contributed by atoms with E-state index in [1.54, 1.807) is 15.9 Å². The highest BCUT2D eigenvalue weighted by molar-refractivity contribution is 7.09. The van der Waals surface area contributed by atoms with E-state index in [1.807, 2.05) is 20.8 Å². The van der Waals surface area contributed by atoms with Crippen molar-refractivity contribution in [2.24, 2.45) is 0 Å². The van der Waals surface area contributed by atoms with Gasteiger partial charge in [0.05, 0.1) is 17.1 Å². The molecule has 30 heavy (non-hydrogen) atoms. The van der Waals surface area contributed by atoms with Gasteiger partial charge < -0.3 is 11.1 Å². The third-order valence-electron chi connectivity index (χ3n) is 5.01. The molecule has 4 rings (SSSR count). The maximum absolute atomic E-state index is 12.5. The smallest absolute Gasteiger partial charge is 0.254 e. The number of amides is 1. The molecule has 0 saturated carbocycles. The van der Waals surface area contributed by atoms with Crippen LogP contribution >= 0.6 is 11.3 Å². The van der Waals surface area contributed by atoms with Gasteiger partial charge in [-0.1, -0.05) is 24.3 Å². The number of nitrogens with two attached hydrogens (primary N) is 1. The summed E-state index contributed by atoms with van der Waals surface area (Å²) in [7, 11) is 0. The number of carbonyl (C=O) groups is 1. The minimum atomic E-state index is -0.0509. The molecule has 0 radical (unpaired) electrons. The van der Waals surface area contributed by atoms with Gasteiger partial charge in [-0.3, -0.25) is 4.79 Å². The summed E-state index contributed by atoms with van der Waals surface area (Å²) in [6.45, 7) is 6.33. The maximum atomic E-state index is 12.5. The summed E-state index contributed by atoms with van der Waals surface area (Å²) in [5, 5.41) is 10.3. The lowest BCUT2D eigenvalue weighted by Gasteiger charge is -2.11. The van der Waals surface area contributed by atoms with Crippen LogP contribution in [-0.4, -0.2) is 37.0 Å². The molecule has 0 atom stereocenters. The second kappa shape index (κ2) is 8.19. The summed E-state index contributed by atoms with van der Waals surface area (Å²) < 4.78 is 1.58. The van der Waals surface area contributed by atoms with Gasteiger partial charge in [0, 0.05) is 34.4 Å². The van der Waals surface area contributed by atoms with Crippen molar-refractivity contribution >= 4 is 29.0 Å². The van der Waals surface area contributed by atoms with E-state index >= 15 is 0 Å². The summed E-state index contributed by atoms with van der Waals surface area (Å²) in [6.07, 6.45) is 0.999. The number of fused-ring (bicyclic) bond motifs is 1. The molecule has 0 fully saturated rings. The summed E-state index contributed by atoms with van der Waals surface area (Å²) in [4.78, 5) is 25.5. The maximum Gasteiger partial charge on any atom is 0.254 e. The van der Waals surface area contributed by atoms with Crippen LogP contribution in [0.1, 0.15) is 27.5 Å². The van der Waals surface area contributed by atoms with E-state index in [1.165, 1.54) is 5.56 Å². The number of nitrogens with one attached hydrogen (secondary N) is 1. The highest BCUT2D eigenvalue weighted by atomic mass is 32.1. The van der Waals surface area contributed by atoms with E-state index < -0.39 is 0 Å². The van der Waals surface area contributed by atoms with Crippen LogP contribution < -0.4 is 11.1 Å². The average Bonchev–Trinajstić information content (AvgIpc) is 3.31. The molecule has 1 amide bonds. The van der Waals surface area contributed by atoms with Crippen LogP contribution in [0.4, 0.5) is 5.95 Å². The van der Waals surface area contributed by atoms with Gasteiger partial charge >= 0.3 is 0 Å². The molecule has 3 aromatic heterocycles. The van der Waals surface area contributed by atoms with Crippen molar-refractivity contribution in [3.63, 3.8) is 0 Å². The van der Waals surface area contributed by atoms with Gasteiger partial charge in [-0.25, -0.2) is 9.97 Å². The van der Waals surface area contributed by atoms with Crippen LogP contribution in [0.15, 0.2) is 29.6 Å². The lowest BCUT2D eigenvalue weighted by atomic mass is 10.1. The highest BCUT2D eigenvalue weighted by Gasteiger charge is 2.15. The topological polar surface area (TPSA) is 111 Å². The molecule has 0 aliphatic carbocycles. The molecule has 0 unspecified atom stereocenters. The number of thiazole rings is 1. The second-order valence-corrected chi connectivity index (χ2v) is 8.23. The second-order valence-electron chi connectivity index (χ2n) is 7.17. The predicted molar refractivity (Wildman–Crippen MR) is 117 cm³/mol. The first-order chi connectivity index (χ1) is 14.4. The lowest BCUT2D eigenvalue weighted by molar-refractivity contribution is -0.120. The molecule has 8 nitrogen and oxygen atoms in total. The van der Waals surface area contributed by atoms with Gasteiger partial charge in [0.15, 0.2) is 0 Å². The number of hydrogen-bond donors (Lipinski definition) is 2. The Morgan fingerprint density at radius 1 is 1.13 bits per heavy atom. The highest BCUT2D eigenvalue weighted by Crippen LogP contribution is 2.22. The number of benzene rings is 1. The Morgan fingerprint density at radius 2 is 1.90 bits per heavy atom. The number of nitrogen functional groups attached to an aromatic ring is 1. The molecule has 0 bridgehead atoms. The molecule has 0 spiro atoms. The number of aromatic nitrogens is 5. The van der Waals surface area contributed by atoms with Crippen LogP contribution in [-0.2, 0) is 17.6 Å². The average molecular weight is 422 g/mol. The Hall–Kier alpha value is -3.33. The summed E-state index contributed by atoms with van der Waals surface area (Å²) in [5.74, 6) is 0.565. The van der Waals surface area contributed by atoms with Crippen molar-refractivity contribution in [3.8, 4) is 11.3 Å². The van der Waals surface area contributed by atoms with Crippen molar-refractivity contribution in [1.82, 2.24) is 29.9 Å². The minimum absolute atomic E-state index is 0.0509. The zero-order chi connectivity index (χ0) is 21.3. The largest absolute Gasteiger partial charge is 0.366 e. The molecule has 154 valence electrons. The normalized spacial score (nSPS) is 11.2. The monoisotopic (exact) mass is 421 g/mol. The molecule has 9 heteroatoms. The fourth-order valence-corrected chi connectivity index (χ4v) is 4.01. The third kappa shape index (κ3) is 4.16. The van der Waals surface area contributed by atoms with Crippen molar-refractivity contribution < 1.29 is 4.79 Å². The quantitative estimate of drug-likeness (QED) is 0.495. The SMILES string of the molecule is Cc1nc(-c2ccc(CCNC(=O)Cc3c(C)nc4nc(N)nn4c3C)cc2)cs1. The van der Waals surface area contributed by atoms with E-state index in [2.05, 4.69) is 55.0 Å². The number of rotatable bonds is 6. The Labute approximate surface area is 178 Å². The van der Waals surface area contributed by atoms with Gasteiger partial charge in [0.1, 0.15) is 0 Å². The van der Waals surface area contributed by atoms with E-state index in [0.29, 0.717) is 12.3 Å². The molecular weight excluding hydrogens is 398 g/mol. The Morgan fingerprint density at radius 3 is 2.60 bits per heavy atom.